The number of pyridine rings is 1. The monoisotopic (exact) mass is 430 g/mol. The summed E-state index contributed by atoms with van der Waals surface area (Å²) < 4.78 is 18.6. The van der Waals surface area contributed by atoms with E-state index in [1.807, 2.05) is 45.2 Å². The first-order valence-electron chi connectivity index (χ1n) is 9.60. The van der Waals surface area contributed by atoms with Gasteiger partial charge in [0.1, 0.15) is 22.5 Å². The number of aromatic nitrogens is 3. The number of rotatable bonds is 6. The lowest BCUT2D eigenvalue weighted by Gasteiger charge is -2.19. The van der Waals surface area contributed by atoms with E-state index < -0.39 is 12.2 Å². The molecule has 1 saturated heterocycles. The Morgan fingerprint density at radius 3 is 2.77 bits per heavy atom. The molecule has 1 amide bonds. The standard InChI is InChI=1S/C21H23ClN4O4/c1-12-19-16(24-25(12)3)9-18(22)23-20(19)29-13(2)17-11-26(21(27)30-17)10-14-5-7-15(28-4)8-6-14/h5-9,13,17H,10-11H2,1-4H3/t13-,17+/m1/s1. The molecule has 158 valence electrons. The molecule has 9 heteroatoms. The van der Waals surface area contributed by atoms with Crippen LogP contribution in [0.5, 0.6) is 11.6 Å². The summed E-state index contributed by atoms with van der Waals surface area (Å²) in [5, 5.41) is 5.53. The number of carbonyl (C=O) groups is 1. The second kappa shape index (κ2) is 8.02. The molecule has 1 aliphatic rings. The Hall–Kier alpha value is -3.00. The molecule has 8 nitrogen and oxygen atoms in total. The van der Waals surface area contributed by atoms with Crippen LogP contribution >= 0.6 is 11.6 Å². The molecule has 0 aliphatic carbocycles. The Labute approximate surface area is 179 Å². The summed E-state index contributed by atoms with van der Waals surface area (Å²) in [6, 6.07) is 9.29. The Kier molecular flexibility index (Phi) is 5.42. The molecule has 0 bridgehead atoms. The first-order valence-corrected chi connectivity index (χ1v) is 9.98. The molecule has 0 saturated carbocycles. The predicted molar refractivity (Wildman–Crippen MR) is 112 cm³/mol. The van der Waals surface area contributed by atoms with Crippen LogP contribution in [0.2, 0.25) is 5.15 Å². The van der Waals surface area contributed by atoms with Crippen LogP contribution in [0.25, 0.3) is 10.9 Å². The molecule has 3 heterocycles. The van der Waals surface area contributed by atoms with Crippen molar-refractivity contribution >= 4 is 28.6 Å². The molecule has 0 radical (unpaired) electrons. The van der Waals surface area contributed by atoms with Gasteiger partial charge in [-0.25, -0.2) is 9.78 Å². The number of hydrogen-bond acceptors (Lipinski definition) is 6. The lowest BCUT2D eigenvalue weighted by atomic mass is 10.2. The highest BCUT2D eigenvalue weighted by atomic mass is 35.5. The van der Waals surface area contributed by atoms with E-state index in [4.69, 9.17) is 25.8 Å². The Bertz CT molecular complexity index is 1080. The third-order valence-corrected chi connectivity index (χ3v) is 5.50. The van der Waals surface area contributed by atoms with Crippen LogP contribution < -0.4 is 9.47 Å². The van der Waals surface area contributed by atoms with Gasteiger partial charge in [0.25, 0.3) is 0 Å². The lowest BCUT2D eigenvalue weighted by molar-refractivity contribution is 0.0562. The van der Waals surface area contributed by atoms with Crippen molar-refractivity contribution in [3.8, 4) is 11.6 Å². The Morgan fingerprint density at radius 1 is 1.33 bits per heavy atom. The summed E-state index contributed by atoms with van der Waals surface area (Å²) in [6.07, 6.45) is -1.21. The van der Waals surface area contributed by atoms with E-state index in [1.54, 1.807) is 22.8 Å². The van der Waals surface area contributed by atoms with Crippen LogP contribution in [-0.2, 0) is 18.3 Å². The molecule has 1 fully saturated rings. The molecule has 3 aromatic rings. The molecular weight excluding hydrogens is 408 g/mol. The van der Waals surface area contributed by atoms with Gasteiger partial charge in [0, 0.05) is 25.4 Å². The summed E-state index contributed by atoms with van der Waals surface area (Å²) in [7, 11) is 3.47. The van der Waals surface area contributed by atoms with Crippen molar-refractivity contribution in [2.75, 3.05) is 13.7 Å². The number of cyclic esters (lactones) is 1. The van der Waals surface area contributed by atoms with Gasteiger partial charge >= 0.3 is 6.09 Å². The zero-order valence-electron chi connectivity index (χ0n) is 17.3. The van der Waals surface area contributed by atoms with E-state index in [0.29, 0.717) is 29.6 Å². The SMILES string of the molecule is COc1ccc(CN2C[C@@H]([C@@H](C)Oc3nc(Cl)cc4nn(C)c(C)c34)OC2=O)cc1. The van der Waals surface area contributed by atoms with E-state index in [9.17, 15) is 4.79 Å². The summed E-state index contributed by atoms with van der Waals surface area (Å²) in [4.78, 5) is 18.4. The third-order valence-electron chi connectivity index (χ3n) is 5.30. The van der Waals surface area contributed by atoms with Gasteiger partial charge in [-0.05, 0) is 31.5 Å². The number of benzene rings is 1. The number of fused-ring (bicyclic) bond motifs is 1. The van der Waals surface area contributed by atoms with Crippen molar-refractivity contribution < 1.29 is 19.0 Å². The molecular formula is C21H23ClN4O4. The molecule has 2 atom stereocenters. The maximum Gasteiger partial charge on any atom is 0.410 e. The fourth-order valence-corrected chi connectivity index (χ4v) is 3.67. The smallest absolute Gasteiger partial charge is 0.410 e. The third kappa shape index (κ3) is 3.87. The van der Waals surface area contributed by atoms with Crippen molar-refractivity contribution in [3.63, 3.8) is 0 Å². The molecule has 4 rings (SSSR count). The molecule has 0 N–H and O–H groups in total. The summed E-state index contributed by atoms with van der Waals surface area (Å²) in [6.45, 7) is 4.67. The van der Waals surface area contributed by atoms with Crippen LogP contribution in [0.15, 0.2) is 30.3 Å². The summed E-state index contributed by atoms with van der Waals surface area (Å²) >= 11 is 6.14. The van der Waals surface area contributed by atoms with Crippen molar-refractivity contribution in [1.29, 1.82) is 0 Å². The maximum absolute atomic E-state index is 12.4. The average molecular weight is 431 g/mol. The zero-order valence-corrected chi connectivity index (χ0v) is 18.0. The van der Waals surface area contributed by atoms with E-state index in [0.717, 1.165) is 22.4 Å². The minimum Gasteiger partial charge on any atom is -0.497 e. The minimum atomic E-state index is -0.427. The van der Waals surface area contributed by atoms with Crippen LogP contribution in [0.1, 0.15) is 18.2 Å². The lowest BCUT2D eigenvalue weighted by Crippen LogP contribution is -2.33. The van der Waals surface area contributed by atoms with Gasteiger partial charge in [-0.3, -0.25) is 4.68 Å². The number of carbonyl (C=O) groups excluding carboxylic acids is 1. The van der Waals surface area contributed by atoms with Gasteiger partial charge in [0.05, 0.1) is 19.0 Å². The highest BCUT2D eigenvalue weighted by molar-refractivity contribution is 6.30. The molecule has 1 aliphatic heterocycles. The zero-order chi connectivity index (χ0) is 21.4. The van der Waals surface area contributed by atoms with Gasteiger partial charge in [-0.2, -0.15) is 5.10 Å². The Balaban J connectivity index is 1.47. The molecule has 0 spiro atoms. The van der Waals surface area contributed by atoms with Crippen molar-refractivity contribution in [2.24, 2.45) is 7.05 Å². The number of amides is 1. The van der Waals surface area contributed by atoms with Crippen LogP contribution in [0, 0.1) is 6.92 Å². The van der Waals surface area contributed by atoms with Gasteiger partial charge < -0.3 is 19.1 Å². The van der Waals surface area contributed by atoms with E-state index in [2.05, 4.69) is 10.1 Å². The number of halogens is 1. The summed E-state index contributed by atoms with van der Waals surface area (Å²) in [5.41, 5.74) is 2.62. The first-order chi connectivity index (χ1) is 14.4. The first kappa shape index (κ1) is 20.3. The highest BCUT2D eigenvalue weighted by Gasteiger charge is 2.36. The van der Waals surface area contributed by atoms with Gasteiger partial charge in [0.2, 0.25) is 5.88 Å². The van der Waals surface area contributed by atoms with Gasteiger partial charge in [-0.15, -0.1) is 0 Å². The quantitative estimate of drug-likeness (QED) is 0.554. The number of nitrogens with zero attached hydrogens (tertiary/aromatic N) is 4. The topological polar surface area (TPSA) is 78.7 Å². The number of methoxy groups -OCH3 is 1. The predicted octanol–water partition coefficient (Wildman–Crippen LogP) is 3.73. The number of hydrogen-bond donors (Lipinski definition) is 0. The summed E-state index contributed by atoms with van der Waals surface area (Å²) in [5.74, 6) is 1.16. The van der Waals surface area contributed by atoms with E-state index in [1.165, 1.54) is 0 Å². The normalized spacial score (nSPS) is 17.3. The molecule has 30 heavy (non-hydrogen) atoms. The van der Waals surface area contributed by atoms with Crippen molar-refractivity contribution in [3.05, 3.63) is 46.7 Å². The second-order valence-corrected chi connectivity index (χ2v) is 7.71. The fraction of sp³-hybridized carbons (Fsp3) is 0.381. The largest absolute Gasteiger partial charge is 0.497 e. The van der Waals surface area contributed by atoms with E-state index in [-0.39, 0.29) is 6.09 Å². The second-order valence-electron chi connectivity index (χ2n) is 7.33. The number of aryl methyl sites for hydroxylation is 2. The van der Waals surface area contributed by atoms with Crippen LogP contribution in [0.3, 0.4) is 0 Å². The highest BCUT2D eigenvalue weighted by Crippen LogP contribution is 2.30. The van der Waals surface area contributed by atoms with Crippen molar-refractivity contribution in [2.45, 2.75) is 32.6 Å². The number of ether oxygens (including phenoxy) is 3. The molecule has 2 aromatic heterocycles. The van der Waals surface area contributed by atoms with Crippen LogP contribution in [0.4, 0.5) is 4.79 Å². The Morgan fingerprint density at radius 2 is 2.07 bits per heavy atom. The molecule has 1 aromatic carbocycles. The minimum absolute atomic E-state index is 0.298. The van der Waals surface area contributed by atoms with E-state index >= 15 is 0 Å². The maximum atomic E-state index is 12.4. The molecule has 0 unspecified atom stereocenters. The van der Waals surface area contributed by atoms with Gasteiger partial charge in [0.15, 0.2) is 6.10 Å². The average Bonchev–Trinajstić information content (AvgIpc) is 3.21. The van der Waals surface area contributed by atoms with Gasteiger partial charge in [-0.1, -0.05) is 23.7 Å². The fourth-order valence-electron chi connectivity index (χ4n) is 3.49. The van der Waals surface area contributed by atoms with Crippen LogP contribution in [-0.4, -0.2) is 51.6 Å². The van der Waals surface area contributed by atoms with Crippen molar-refractivity contribution in [1.82, 2.24) is 19.7 Å².